The van der Waals surface area contributed by atoms with Gasteiger partial charge in [-0.3, -0.25) is 9.69 Å². The van der Waals surface area contributed by atoms with Crippen LogP contribution in [0.4, 0.5) is 5.69 Å². The average Bonchev–Trinajstić information content (AvgIpc) is 3.33. The second kappa shape index (κ2) is 9.48. The van der Waals surface area contributed by atoms with E-state index in [0.29, 0.717) is 29.8 Å². The number of hydrogen-bond acceptors (Lipinski definition) is 7. The molecule has 0 atom stereocenters. The van der Waals surface area contributed by atoms with E-state index < -0.39 is 0 Å². The van der Waals surface area contributed by atoms with Crippen molar-refractivity contribution >= 4 is 22.9 Å². The molecule has 3 rings (SSSR count). The van der Waals surface area contributed by atoms with Gasteiger partial charge in [-0.05, 0) is 49.0 Å². The van der Waals surface area contributed by atoms with Crippen molar-refractivity contribution in [1.82, 2.24) is 15.1 Å². The Morgan fingerprint density at radius 2 is 2.18 bits per heavy atom. The van der Waals surface area contributed by atoms with Gasteiger partial charge in [-0.25, -0.2) is 0 Å². The molecule has 0 radical (unpaired) electrons. The van der Waals surface area contributed by atoms with Gasteiger partial charge in [0.2, 0.25) is 11.8 Å². The normalized spacial score (nSPS) is 11.0. The molecule has 2 aromatic heterocycles. The molecule has 0 saturated carbocycles. The summed E-state index contributed by atoms with van der Waals surface area (Å²) in [4.78, 5) is 15.5. The molecule has 3 aromatic rings. The number of aryl methyl sites for hydroxylation is 1. The average molecular weight is 401 g/mol. The van der Waals surface area contributed by atoms with Crippen molar-refractivity contribution in [3.05, 3.63) is 47.2 Å². The van der Waals surface area contributed by atoms with Crippen LogP contribution in [0, 0.1) is 6.92 Å². The number of nitrogens with zero attached hydrogens (tertiary/aromatic N) is 3. The maximum atomic E-state index is 12.6. The minimum atomic E-state index is -0.115. The Morgan fingerprint density at radius 1 is 1.32 bits per heavy atom. The molecule has 0 unspecified atom stereocenters. The first-order valence-corrected chi connectivity index (χ1v) is 10.00. The number of nitrogens with one attached hydrogen (secondary N) is 1. The predicted molar refractivity (Wildman–Crippen MR) is 110 cm³/mol. The highest BCUT2D eigenvalue weighted by Crippen LogP contribution is 2.25. The lowest BCUT2D eigenvalue weighted by atomic mass is 10.2. The number of rotatable bonds is 9. The van der Waals surface area contributed by atoms with Crippen molar-refractivity contribution in [3.63, 3.8) is 0 Å². The standard InChI is InChI=1S/C20H24N4O3S/c1-4-9-24(13-19-22-23-20(27-19)17-6-5-10-28-17)12-18(25)21-15-11-14(2)7-8-16(15)26-3/h5-8,10-11H,4,9,12-13H2,1-3H3,(H,21,25). The topological polar surface area (TPSA) is 80.5 Å². The number of carbonyl (C=O) groups is 1. The Bertz CT molecular complexity index is 908. The highest BCUT2D eigenvalue weighted by atomic mass is 32.1. The Labute approximate surface area is 168 Å². The molecule has 148 valence electrons. The van der Waals surface area contributed by atoms with Gasteiger partial charge in [-0.2, -0.15) is 0 Å². The number of aromatic nitrogens is 2. The van der Waals surface area contributed by atoms with Crippen LogP contribution in [0.15, 0.2) is 40.1 Å². The maximum absolute atomic E-state index is 12.6. The molecule has 2 heterocycles. The zero-order valence-electron chi connectivity index (χ0n) is 16.3. The summed E-state index contributed by atoms with van der Waals surface area (Å²) in [5.41, 5.74) is 1.72. The summed E-state index contributed by atoms with van der Waals surface area (Å²) in [5.74, 6) is 1.53. The van der Waals surface area contributed by atoms with E-state index in [1.165, 1.54) is 0 Å². The molecular formula is C20H24N4O3S. The Balaban J connectivity index is 1.64. The fourth-order valence-electron chi connectivity index (χ4n) is 2.85. The Kier molecular flexibility index (Phi) is 6.78. The largest absolute Gasteiger partial charge is 0.495 e. The van der Waals surface area contributed by atoms with Crippen LogP contribution in [0.5, 0.6) is 5.75 Å². The molecule has 1 N–H and O–H groups in total. The third-order valence-corrected chi connectivity index (χ3v) is 4.95. The van der Waals surface area contributed by atoms with E-state index in [0.717, 1.165) is 23.4 Å². The zero-order valence-corrected chi connectivity index (χ0v) is 17.1. The molecule has 0 fully saturated rings. The molecule has 1 amide bonds. The summed E-state index contributed by atoms with van der Waals surface area (Å²) in [6.45, 7) is 5.43. The lowest BCUT2D eigenvalue weighted by molar-refractivity contribution is -0.117. The van der Waals surface area contributed by atoms with Crippen LogP contribution in [-0.2, 0) is 11.3 Å². The third-order valence-electron chi connectivity index (χ3n) is 4.09. The number of amides is 1. The lowest BCUT2D eigenvalue weighted by Crippen LogP contribution is -2.33. The first-order valence-electron chi connectivity index (χ1n) is 9.12. The summed E-state index contributed by atoms with van der Waals surface area (Å²) in [6.07, 6.45) is 0.910. The SMILES string of the molecule is CCCN(CC(=O)Nc1cc(C)ccc1OC)Cc1nnc(-c2cccs2)o1. The second-order valence-corrected chi connectivity index (χ2v) is 7.39. The van der Waals surface area contributed by atoms with Gasteiger partial charge in [0.05, 0.1) is 30.8 Å². The van der Waals surface area contributed by atoms with E-state index in [1.54, 1.807) is 18.4 Å². The molecule has 7 nitrogen and oxygen atoms in total. The molecule has 28 heavy (non-hydrogen) atoms. The van der Waals surface area contributed by atoms with Gasteiger partial charge in [-0.15, -0.1) is 21.5 Å². The number of anilines is 1. The fourth-order valence-corrected chi connectivity index (χ4v) is 3.50. The molecule has 0 aliphatic carbocycles. The van der Waals surface area contributed by atoms with Crippen molar-refractivity contribution in [2.24, 2.45) is 0 Å². The number of carbonyl (C=O) groups excluding carboxylic acids is 1. The zero-order chi connectivity index (χ0) is 19.9. The highest BCUT2D eigenvalue weighted by Gasteiger charge is 2.17. The van der Waals surface area contributed by atoms with Crippen LogP contribution in [0.25, 0.3) is 10.8 Å². The Morgan fingerprint density at radius 3 is 2.89 bits per heavy atom. The molecule has 0 aliphatic heterocycles. The van der Waals surface area contributed by atoms with Crippen molar-refractivity contribution in [2.75, 3.05) is 25.5 Å². The van der Waals surface area contributed by atoms with E-state index in [2.05, 4.69) is 22.4 Å². The molecule has 0 saturated heterocycles. The molecule has 0 spiro atoms. The van der Waals surface area contributed by atoms with Gasteiger partial charge >= 0.3 is 0 Å². The van der Waals surface area contributed by atoms with Crippen molar-refractivity contribution < 1.29 is 13.9 Å². The van der Waals surface area contributed by atoms with E-state index in [-0.39, 0.29) is 12.5 Å². The van der Waals surface area contributed by atoms with Crippen LogP contribution < -0.4 is 10.1 Å². The molecule has 0 aliphatic rings. The van der Waals surface area contributed by atoms with Crippen molar-refractivity contribution in [3.8, 4) is 16.5 Å². The van der Waals surface area contributed by atoms with E-state index in [1.807, 2.05) is 47.5 Å². The number of ether oxygens (including phenoxy) is 1. The monoisotopic (exact) mass is 400 g/mol. The van der Waals surface area contributed by atoms with Crippen LogP contribution >= 0.6 is 11.3 Å². The van der Waals surface area contributed by atoms with E-state index >= 15 is 0 Å². The summed E-state index contributed by atoms with van der Waals surface area (Å²) in [7, 11) is 1.59. The number of hydrogen-bond donors (Lipinski definition) is 1. The highest BCUT2D eigenvalue weighted by molar-refractivity contribution is 7.13. The summed E-state index contributed by atoms with van der Waals surface area (Å²) < 4.78 is 11.1. The van der Waals surface area contributed by atoms with E-state index in [4.69, 9.17) is 9.15 Å². The van der Waals surface area contributed by atoms with Gasteiger partial charge in [0.15, 0.2) is 0 Å². The van der Waals surface area contributed by atoms with Gasteiger partial charge in [0.1, 0.15) is 5.75 Å². The van der Waals surface area contributed by atoms with Crippen LogP contribution in [0.1, 0.15) is 24.8 Å². The van der Waals surface area contributed by atoms with Gasteiger partial charge in [0.25, 0.3) is 5.89 Å². The maximum Gasteiger partial charge on any atom is 0.257 e. The summed E-state index contributed by atoms with van der Waals surface area (Å²) >= 11 is 1.55. The van der Waals surface area contributed by atoms with E-state index in [9.17, 15) is 4.79 Å². The minimum absolute atomic E-state index is 0.115. The van der Waals surface area contributed by atoms with Crippen LogP contribution in [0.2, 0.25) is 0 Å². The van der Waals surface area contributed by atoms with Crippen molar-refractivity contribution in [1.29, 1.82) is 0 Å². The molecular weight excluding hydrogens is 376 g/mol. The third kappa shape index (κ3) is 5.17. The quantitative estimate of drug-likeness (QED) is 0.585. The fraction of sp³-hybridized carbons (Fsp3) is 0.350. The number of methoxy groups -OCH3 is 1. The minimum Gasteiger partial charge on any atom is -0.495 e. The molecule has 0 bridgehead atoms. The first-order chi connectivity index (χ1) is 13.6. The van der Waals surface area contributed by atoms with Crippen LogP contribution in [0.3, 0.4) is 0 Å². The van der Waals surface area contributed by atoms with Gasteiger partial charge in [-0.1, -0.05) is 19.1 Å². The second-order valence-electron chi connectivity index (χ2n) is 6.44. The molecule has 1 aromatic carbocycles. The van der Waals surface area contributed by atoms with Crippen molar-refractivity contribution in [2.45, 2.75) is 26.8 Å². The predicted octanol–water partition coefficient (Wildman–Crippen LogP) is 3.97. The first kappa shape index (κ1) is 20.0. The number of benzene rings is 1. The van der Waals surface area contributed by atoms with Gasteiger partial charge < -0.3 is 14.5 Å². The summed E-state index contributed by atoms with van der Waals surface area (Å²) in [5, 5.41) is 13.1. The smallest absolute Gasteiger partial charge is 0.257 e. The molecule has 8 heteroatoms. The van der Waals surface area contributed by atoms with Crippen LogP contribution in [-0.4, -0.2) is 41.2 Å². The Hall–Kier alpha value is -2.71. The number of thiophene rings is 1. The summed E-state index contributed by atoms with van der Waals surface area (Å²) in [6, 6.07) is 9.57. The lowest BCUT2D eigenvalue weighted by Gasteiger charge is -2.19. The van der Waals surface area contributed by atoms with Gasteiger partial charge in [0, 0.05) is 0 Å².